The van der Waals surface area contributed by atoms with Crippen molar-refractivity contribution in [2.75, 3.05) is 91.2 Å². The summed E-state index contributed by atoms with van der Waals surface area (Å²) in [5.74, 6) is -0.295. The second-order valence-electron chi connectivity index (χ2n) is 27.2. The maximum Gasteiger partial charge on any atom is 0.250 e. The van der Waals surface area contributed by atoms with Crippen LogP contribution in [0.4, 0.5) is 30.2 Å². The average molecular weight is 1680 g/mol. The second-order valence-corrected chi connectivity index (χ2v) is 28.0. The van der Waals surface area contributed by atoms with E-state index in [1.807, 2.05) is 130 Å². The van der Waals surface area contributed by atoms with Crippen LogP contribution >= 0.6 is 72.0 Å². The summed E-state index contributed by atoms with van der Waals surface area (Å²) in [6.07, 6.45) is 2.62. The standard InChI is InChI=1S/3C29H31ClFN3O3.3ClH/c3*1-3-23-19-33(16-15-32-23)29(36)28(21-9-11-22(31)12-10-21)34(27(35)18-30)26-14-13-25(17-20(26)2)37-24-7-5-4-6-8-24;;;/h3*4-14,17,23,28,32H,3,15-16,18-19H2,1-2H3;3*1H/t23-,28+;2*23-,28-;;;/m110.../s1. The molecule has 9 aromatic carbocycles. The number of alkyl halides is 3. The molecule has 3 aliphatic heterocycles. The van der Waals surface area contributed by atoms with Crippen LogP contribution < -0.4 is 44.9 Å². The van der Waals surface area contributed by atoms with Crippen molar-refractivity contribution in [2.45, 2.75) is 97.1 Å². The van der Waals surface area contributed by atoms with E-state index in [1.165, 1.54) is 51.1 Å². The van der Waals surface area contributed by atoms with E-state index in [4.69, 9.17) is 49.0 Å². The number of nitrogens with zero attached hydrogens (tertiary/aromatic N) is 6. The number of hydrogen-bond donors (Lipinski definition) is 3. The van der Waals surface area contributed by atoms with E-state index in [0.717, 1.165) is 36.0 Å². The molecule has 606 valence electrons. The molecular weight excluding hydrogens is 1580 g/mol. The quantitative estimate of drug-likeness (QED) is 0.0487. The van der Waals surface area contributed by atoms with Crippen LogP contribution in [0.2, 0.25) is 0 Å². The molecule has 0 saturated carbocycles. The number of ether oxygens (including phenoxy) is 3. The molecule has 0 spiro atoms. The van der Waals surface area contributed by atoms with Gasteiger partial charge in [0.05, 0.1) is 0 Å². The van der Waals surface area contributed by atoms with E-state index in [1.54, 1.807) is 87.5 Å². The van der Waals surface area contributed by atoms with Crippen LogP contribution in [0, 0.1) is 38.2 Å². The molecule has 3 aliphatic rings. The number of carbonyl (C=O) groups is 6. The number of rotatable bonds is 24. The average Bonchev–Trinajstić information content (AvgIpc) is 0.788. The molecule has 0 aromatic heterocycles. The van der Waals surface area contributed by atoms with Crippen LogP contribution in [0.25, 0.3) is 0 Å². The Hall–Kier alpha value is -9.39. The summed E-state index contributed by atoms with van der Waals surface area (Å²) in [6, 6.07) is 58.8. The van der Waals surface area contributed by atoms with Gasteiger partial charge in [-0.3, -0.25) is 43.5 Å². The monoisotopic (exact) mass is 1680 g/mol. The third-order valence-electron chi connectivity index (χ3n) is 19.6. The summed E-state index contributed by atoms with van der Waals surface area (Å²) in [6.45, 7) is 16.9. The maximum absolute atomic E-state index is 14.0. The van der Waals surface area contributed by atoms with E-state index < -0.39 is 53.3 Å². The number of nitrogens with one attached hydrogen (secondary N) is 3. The van der Waals surface area contributed by atoms with Crippen molar-refractivity contribution in [3.05, 3.63) is 269 Å². The third-order valence-corrected chi connectivity index (χ3v) is 20.3. The van der Waals surface area contributed by atoms with Crippen molar-refractivity contribution in [1.29, 1.82) is 0 Å². The van der Waals surface area contributed by atoms with Gasteiger partial charge in [0.2, 0.25) is 17.7 Å². The van der Waals surface area contributed by atoms with Crippen LogP contribution in [0.5, 0.6) is 34.5 Å². The van der Waals surface area contributed by atoms with Gasteiger partial charge in [-0.25, -0.2) is 13.2 Å². The fraction of sp³-hybridized carbons (Fsp3) is 0.310. The number of para-hydroxylation sites is 3. The molecule has 0 radical (unpaired) electrons. The lowest BCUT2D eigenvalue weighted by atomic mass is 10.00. The second kappa shape index (κ2) is 45.1. The normalized spacial score (nSPS) is 15.8. The Kier molecular flexibility index (Phi) is 36.3. The first-order valence-electron chi connectivity index (χ1n) is 37.2. The number of anilines is 3. The first-order valence-corrected chi connectivity index (χ1v) is 38.8. The van der Waals surface area contributed by atoms with Crippen molar-refractivity contribution in [3.63, 3.8) is 0 Å². The largest absolute Gasteiger partial charge is 0.457 e. The van der Waals surface area contributed by atoms with Gasteiger partial charge >= 0.3 is 0 Å². The van der Waals surface area contributed by atoms with Crippen LogP contribution in [-0.4, -0.2) is 145 Å². The Balaban J connectivity index is 0.000000234. The van der Waals surface area contributed by atoms with E-state index in [0.29, 0.717) is 127 Å². The first kappa shape index (κ1) is 91.8. The number of benzene rings is 9. The molecule has 3 heterocycles. The minimum atomic E-state index is -0.998. The molecule has 6 amide bonds. The molecule has 0 aliphatic carbocycles. The highest BCUT2D eigenvalue weighted by Gasteiger charge is 2.41. The van der Waals surface area contributed by atoms with Crippen molar-refractivity contribution >= 4 is 125 Å². The molecule has 0 bridgehead atoms. The smallest absolute Gasteiger partial charge is 0.250 e. The Morgan fingerprint density at radius 2 is 0.605 bits per heavy atom. The Morgan fingerprint density at radius 1 is 0.368 bits per heavy atom. The fourth-order valence-corrected chi connectivity index (χ4v) is 14.1. The van der Waals surface area contributed by atoms with Gasteiger partial charge in [0.1, 0.15) is 87.7 Å². The number of halogens is 9. The zero-order valence-corrected chi connectivity index (χ0v) is 68.9. The highest BCUT2D eigenvalue weighted by atomic mass is 35.5. The molecule has 6 atom stereocenters. The van der Waals surface area contributed by atoms with Gasteiger partial charge in [0, 0.05) is 94.1 Å². The highest BCUT2D eigenvalue weighted by Crippen LogP contribution is 2.40. The van der Waals surface area contributed by atoms with Crippen molar-refractivity contribution in [3.8, 4) is 34.5 Å². The minimum Gasteiger partial charge on any atom is -0.457 e. The van der Waals surface area contributed by atoms with Gasteiger partial charge in [-0.15, -0.1) is 72.0 Å². The number of carbonyl (C=O) groups excluding carboxylic acids is 6. The van der Waals surface area contributed by atoms with Gasteiger partial charge in [0.15, 0.2) is 0 Å². The zero-order chi connectivity index (χ0) is 79.1. The molecule has 3 saturated heterocycles. The third kappa shape index (κ3) is 24.1. The Bertz CT molecular complexity index is 4140. The van der Waals surface area contributed by atoms with Crippen LogP contribution in [0.15, 0.2) is 218 Å². The predicted octanol–water partition coefficient (Wildman–Crippen LogP) is 17.6. The summed E-state index contributed by atoms with van der Waals surface area (Å²) in [7, 11) is 0. The number of aryl methyl sites for hydroxylation is 3. The molecule has 114 heavy (non-hydrogen) atoms. The van der Waals surface area contributed by atoms with Crippen molar-refractivity contribution in [2.24, 2.45) is 0 Å². The van der Waals surface area contributed by atoms with Crippen LogP contribution in [-0.2, 0) is 28.8 Å². The number of amides is 6. The fourth-order valence-electron chi connectivity index (χ4n) is 13.8. The topological polar surface area (TPSA) is 186 Å². The molecule has 9 aromatic rings. The van der Waals surface area contributed by atoms with Crippen molar-refractivity contribution in [1.82, 2.24) is 30.7 Å². The summed E-state index contributed by atoms with van der Waals surface area (Å²) < 4.78 is 59.3. The number of piperazine rings is 3. The summed E-state index contributed by atoms with van der Waals surface area (Å²) >= 11 is 18.2. The lowest BCUT2D eigenvalue weighted by Crippen LogP contribution is -2.55. The molecule has 12 rings (SSSR count). The molecule has 3 fully saturated rings. The lowest BCUT2D eigenvalue weighted by Gasteiger charge is -2.39. The molecule has 27 heteroatoms. The van der Waals surface area contributed by atoms with Crippen molar-refractivity contribution < 1.29 is 56.1 Å². The van der Waals surface area contributed by atoms with E-state index >= 15 is 0 Å². The predicted molar refractivity (Wildman–Crippen MR) is 453 cm³/mol. The van der Waals surface area contributed by atoms with Gasteiger partial charge in [-0.2, -0.15) is 0 Å². The molecule has 3 N–H and O–H groups in total. The molecule has 18 nitrogen and oxygen atoms in total. The summed E-state index contributed by atoms with van der Waals surface area (Å²) in [4.78, 5) is 91.8. The molecule has 0 unspecified atom stereocenters. The van der Waals surface area contributed by atoms with Gasteiger partial charge in [-0.05, 0) is 201 Å². The zero-order valence-electron chi connectivity index (χ0n) is 64.2. The van der Waals surface area contributed by atoms with Crippen LogP contribution in [0.3, 0.4) is 0 Å². The van der Waals surface area contributed by atoms with E-state index in [-0.39, 0.29) is 90.7 Å². The summed E-state index contributed by atoms with van der Waals surface area (Å²) in [5, 5.41) is 10.2. The minimum absolute atomic E-state index is 0. The Labute approximate surface area is 698 Å². The van der Waals surface area contributed by atoms with Gasteiger partial charge < -0.3 is 44.9 Å². The highest BCUT2D eigenvalue weighted by molar-refractivity contribution is 6.31. The maximum atomic E-state index is 14.0. The van der Waals surface area contributed by atoms with E-state index in [9.17, 15) is 41.9 Å². The van der Waals surface area contributed by atoms with E-state index in [2.05, 4.69) is 36.7 Å². The van der Waals surface area contributed by atoms with Gasteiger partial charge in [-0.1, -0.05) is 112 Å². The van der Waals surface area contributed by atoms with Gasteiger partial charge in [0.25, 0.3) is 17.7 Å². The molecular formula is C87H96Cl6F3N9O9. The first-order chi connectivity index (χ1) is 53.7. The Morgan fingerprint density at radius 3 is 0.816 bits per heavy atom. The summed E-state index contributed by atoms with van der Waals surface area (Å²) in [5.41, 5.74) is 5.36. The SMILES string of the molecule is CC[C@@H]1CN(C(=O)[C@@H](c2ccc(F)cc2)N(C(=O)CCl)c2ccc(Oc3ccccc3)cc2C)CCN1.CC[C@@H]1CN(C(=O)[C@H](c2ccc(F)cc2)N(C(=O)CCl)c2ccc(Oc3ccccc3)cc2C)CCN1.CC[C@H]1CN(C(=O)[C@H](c2ccc(F)cc2)N(C(=O)CCl)c2ccc(Oc3ccccc3)cc2C)CCN1.Cl.Cl.Cl. The lowest BCUT2D eigenvalue weighted by molar-refractivity contribution is -0.136. The number of hydrogen-bond acceptors (Lipinski definition) is 12. The van der Waals surface area contributed by atoms with Crippen LogP contribution in [0.1, 0.15) is 91.5 Å².